The second-order valence-corrected chi connectivity index (χ2v) is 4.90. The van der Waals surface area contributed by atoms with Gasteiger partial charge in [0.2, 0.25) is 0 Å². The number of hydrogen-bond acceptors (Lipinski definition) is 2. The molecule has 0 spiro atoms. The van der Waals surface area contributed by atoms with Gasteiger partial charge >= 0.3 is 0 Å². The average molecular weight is 264 g/mol. The van der Waals surface area contributed by atoms with Crippen molar-refractivity contribution in [2.75, 3.05) is 18.1 Å². The largest absolute Gasteiger partial charge is 0.395 e. The van der Waals surface area contributed by atoms with Crippen LogP contribution in [0.25, 0.3) is 0 Å². The van der Waals surface area contributed by atoms with Crippen molar-refractivity contribution in [3.05, 3.63) is 29.3 Å². The van der Waals surface area contributed by atoms with Crippen LogP contribution in [0.1, 0.15) is 20.8 Å². The summed E-state index contributed by atoms with van der Waals surface area (Å²) in [4.78, 5) is 2.11. The molecular weight excluding hydrogens is 245 g/mol. The number of anilines is 1. The summed E-state index contributed by atoms with van der Waals surface area (Å²) in [6.07, 6.45) is 0. The van der Waals surface area contributed by atoms with Crippen molar-refractivity contribution in [2.24, 2.45) is 0 Å². The summed E-state index contributed by atoms with van der Waals surface area (Å²) in [6, 6.07) is 7.71. The Labute approximate surface area is 109 Å². The van der Waals surface area contributed by atoms with Crippen molar-refractivity contribution >= 4 is 29.7 Å². The van der Waals surface area contributed by atoms with Gasteiger partial charge in [0.25, 0.3) is 0 Å². The first-order valence-corrected chi connectivity index (χ1v) is 5.47. The van der Waals surface area contributed by atoms with Crippen LogP contribution >= 0.6 is 24.0 Å². The Morgan fingerprint density at radius 1 is 1.25 bits per heavy atom. The molecule has 0 atom stereocenters. The van der Waals surface area contributed by atoms with Crippen LogP contribution < -0.4 is 4.90 Å². The maximum Gasteiger partial charge on any atom is 0.0639 e. The number of nitrogens with zero attached hydrogens (tertiary/aromatic N) is 1. The third-order valence-corrected chi connectivity index (χ3v) is 2.60. The SMILES string of the molecule is CC(C)(C)N(CCO)c1ccccc1Cl.Cl. The molecular formula is C12H19Cl2NO. The van der Waals surface area contributed by atoms with Crippen molar-refractivity contribution in [3.8, 4) is 0 Å². The van der Waals surface area contributed by atoms with Gasteiger partial charge in [-0.1, -0.05) is 23.7 Å². The molecule has 0 aliphatic carbocycles. The fourth-order valence-electron chi connectivity index (χ4n) is 1.59. The van der Waals surface area contributed by atoms with Gasteiger partial charge in [-0.3, -0.25) is 0 Å². The van der Waals surface area contributed by atoms with E-state index in [9.17, 15) is 0 Å². The van der Waals surface area contributed by atoms with Crippen LogP contribution in [0.4, 0.5) is 5.69 Å². The van der Waals surface area contributed by atoms with E-state index in [1.807, 2.05) is 24.3 Å². The van der Waals surface area contributed by atoms with E-state index in [4.69, 9.17) is 16.7 Å². The smallest absolute Gasteiger partial charge is 0.0639 e. The summed E-state index contributed by atoms with van der Waals surface area (Å²) in [6.45, 7) is 7.03. The summed E-state index contributed by atoms with van der Waals surface area (Å²) in [5.74, 6) is 0. The van der Waals surface area contributed by atoms with Gasteiger partial charge in [0, 0.05) is 12.1 Å². The quantitative estimate of drug-likeness (QED) is 0.904. The molecule has 1 aromatic carbocycles. The third-order valence-electron chi connectivity index (χ3n) is 2.28. The second kappa shape index (κ2) is 6.33. The average Bonchev–Trinajstić information content (AvgIpc) is 2.14. The molecule has 0 fully saturated rings. The van der Waals surface area contributed by atoms with Gasteiger partial charge in [-0.25, -0.2) is 0 Å². The minimum atomic E-state index is -0.0479. The Bertz CT molecular complexity index is 323. The van der Waals surface area contributed by atoms with Crippen molar-refractivity contribution in [2.45, 2.75) is 26.3 Å². The molecule has 0 aromatic heterocycles. The van der Waals surface area contributed by atoms with Crippen LogP contribution in [0.5, 0.6) is 0 Å². The van der Waals surface area contributed by atoms with E-state index < -0.39 is 0 Å². The monoisotopic (exact) mass is 263 g/mol. The van der Waals surface area contributed by atoms with Crippen molar-refractivity contribution in [3.63, 3.8) is 0 Å². The van der Waals surface area contributed by atoms with E-state index >= 15 is 0 Å². The molecule has 16 heavy (non-hydrogen) atoms. The highest BCUT2D eigenvalue weighted by atomic mass is 35.5. The molecule has 2 nitrogen and oxygen atoms in total. The first-order valence-electron chi connectivity index (χ1n) is 5.10. The first kappa shape index (κ1) is 15.6. The Balaban J connectivity index is 0.00000225. The fourth-order valence-corrected chi connectivity index (χ4v) is 1.83. The minimum absolute atomic E-state index is 0. The molecule has 0 radical (unpaired) electrons. The zero-order valence-electron chi connectivity index (χ0n) is 9.90. The highest BCUT2D eigenvalue weighted by Gasteiger charge is 2.22. The molecule has 0 saturated carbocycles. The molecule has 0 saturated heterocycles. The molecule has 1 aromatic rings. The van der Waals surface area contributed by atoms with Gasteiger partial charge in [-0.05, 0) is 32.9 Å². The van der Waals surface area contributed by atoms with E-state index in [-0.39, 0.29) is 24.6 Å². The number of para-hydroxylation sites is 1. The van der Waals surface area contributed by atoms with Gasteiger partial charge in [0.15, 0.2) is 0 Å². The van der Waals surface area contributed by atoms with Crippen LogP contribution in [0.2, 0.25) is 5.02 Å². The van der Waals surface area contributed by atoms with Crippen LogP contribution in [0.3, 0.4) is 0 Å². The Kier molecular flexibility index (Phi) is 6.16. The molecule has 1 N–H and O–H groups in total. The molecule has 0 bridgehead atoms. The van der Waals surface area contributed by atoms with Crippen molar-refractivity contribution < 1.29 is 5.11 Å². The second-order valence-electron chi connectivity index (χ2n) is 4.50. The lowest BCUT2D eigenvalue weighted by molar-refractivity contribution is 0.290. The van der Waals surface area contributed by atoms with Crippen LogP contribution in [0.15, 0.2) is 24.3 Å². The molecule has 0 heterocycles. The van der Waals surface area contributed by atoms with Gasteiger partial charge in [-0.2, -0.15) is 0 Å². The Morgan fingerprint density at radius 3 is 2.25 bits per heavy atom. The minimum Gasteiger partial charge on any atom is -0.395 e. The van der Waals surface area contributed by atoms with Gasteiger partial charge in [0.05, 0.1) is 17.3 Å². The maximum absolute atomic E-state index is 9.07. The fraction of sp³-hybridized carbons (Fsp3) is 0.500. The molecule has 1 rings (SSSR count). The summed E-state index contributed by atoms with van der Waals surface area (Å²) in [5.41, 5.74) is 0.925. The molecule has 0 unspecified atom stereocenters. The topological polar surface area (TPSA) is 23.5 Å². The summed E-state index contributed by atoms with van der Waals surface area (Å²) in [7, 11) is 0. The number of aliphatic hydroxyl groups excluding tert-OH is 1. The van der Waals surface area contributed by atoms with Gasteiger partial charge < -0.3 is 10.0 Å². The lowest BCUT2D eigenvalue weighted by atomic mass is 10.0. The normalized spacial score (nSPS) is 10.8. The molecule has 4 heteroatoms. The number of aliphatic hydroxyl groups is 1. The van der Waals surface area contributed by atoms with E-state index in [2.05, 4.69) is 25.7 Å². The molecule has 0 amide bonds. The Hall–Kier alpha value is -0.440. The van der Waals surface area contributed by atoms with E-state index in [0.29, 0.717) is 6.54 Å². The number of rotatable bonds is 3. The van der Waals surface area contributed by atoms with Crippen LogP contribution in [-0.2, 0) is 0 Å². The van der Waals surface area contributed by atoms with Crippen molar-refractivity contribution in [1.29, 1.82) is 0 Å². The summed E-state index contributed by atoms with van der Waals surface area (Å²) in [5, 5.41) is 9.79. The van der Waals surface area contributed by atoms with Gasteiger partial charge in [0.1, 0.15) is 0 Å². The number of hydrogen-bond donors (Lipinski definition) is 1. The molecule has 0 aliphatic rings. The highest BCUT2D eigenvalue weighted by molar-refractivity contribution is 6.33. The zero-order valence-corrected chi connectivity index (χ0v) is 11.5. The first-order chi connectivity index (χ1) is 6.96. The number of benzene rings is 1. The highest BCUT2D eigenvalue weighted by Crippen LogP contribution is 2.30. The number of β-amino-alcohol motifs (C(OH)–C–C–N with tert-alkyl or cyclic N) is 1. The Morgan fingerprint density at radius 2 is 1.81 bits per heavy atom. The lowest BCUT2D eigenvalue weighted by Gasteiger charge is -2.37. The molecule has 0 aliphatic heterocycles. The van der Waals surface area contributed by atoms with E-state index in [1.54, 1.807) is 0 Å². The standard InChI is InChI=1S/C12H18ClNO.ClH/c1-12(2,3)14(8-9-15)11-7-5-4-6-10(11)13;/h4-7,15H,8-9H2,1-3H3;1H. The van der Waals surface area contributed by atoms with Gasteiger partial charge in [-0.15, -0.1) is 12.4 Å². The third kappa shape index (κ3) is 3.85. The summed E-state index contributed by atoms with van der Waals surface area (Å²) >= 11 is 6.14. The van der Waals surface area contributed by atoms with Crippen LogP contribution in [-0.4, -0.2) is 23.8 Å². The predicted octanol–water partition coefficient (Wildman–Crippen LogP) is 3.36. The summed E-state index contributed by atoms with van der Waals surface area (Å²) < 4.78 is 0. The maximum atomic E-state index is 9.07. The van der Waals surface area contributed by atoms with Crippen molar-refractivity contribution in [1.82, 2.24) is 0 Å². The molecule has 92 valence electrons. The van der Waals surface area contributed by atoms with E-state index in [0.717, 1.165) is 10.7 Å². The zero-order chi connectivity index (χ0) is 11.5. The predicted molar refractivity (Wildman–Crippen MR) is 72.9 cm³/mol. The van der Waals surface area contributed by atoms with Crippen LogP contribution in [0, 0.1) is 0 Å². The van der Waals surface area contributed by atoms with E-state index in [1.165, 1.54) is 0 Å². The number of halogens is 2. The lowest BCUT2D eigenvalue weighted by Crippen LogP contribution is -2.43.